The van der Waals surface area contributed by atoms with Crippen molar-refractivity contribution in [1.29, 1.82) is 0 Å². The smallest absolute Gasteiger partial charge is 0.339 e. The molecule has 1 N–H and O–H groups in total. The van der Waals surface area contributed by atoms with E-state index in [0.717, 1.165) is 5.56 Å². The van der Waals surface area contributed by atoms with Gasteiger partial charge in [-0.25, -0.2) is 5.43 Å². The molecule has 0 spiro atoms. The van der Waals surface area contributed by atoms with Crippen LogP contribution in [0.1, 0.15) is 21.5 Å². The summed E-state index contributed by atoms with van der Waals surface area (Å²) in [5, 5.41) is 3.91. The molecule has 3 aromatic carbocycles. The number of hydrogen-bond acceptors (Lipinski definition) is 6. The van der Waals surface area contributed by atoms with Gasteiger partial charge in [0.2, 0.25) is 0 Å². The van der Waals surface area contributed by atoms with Gasteiger partial charge in [0.15, 0.2) is 0 Å². The Morgan fingerprint density at radius 2 is 1.50 bits per heavy atom. The molecule has 0 saturated heterocycles. The van der Waals surface area contributed by atoms with E-state index in [9.17, 15) is 13.2 Å². The van der Waals surface area contributed by atoms with E-state index in [2.05, 4.69) is 10.5 Å². The van der Waals surface area contributed by atoms with Crippen LogP contribution in [0.4, 0.5) is 0 Å². The zero-order valence-corrected chi connectivity index (χ0v) is 17.2. The van der Waals surface area contributed by atoms with E-state index in [1.165, 1.54) is 30.5 Å². The summed E-state index contributed by atoms with van der Waals surface area (Å²) in [6.45, 7) is 1.87. The van der Waals surface area contributed by atoms with Crippen molar-refractivity contribution in [3.8, 4) is 11.5 Å². The highest BCUT2D eigenvalue weighted by Crippen LogP contribution is 2.19. The zero-order chi connectivity index (χ0) is 21.6. The fourth-order valence-electron chi connectivity index (χ4n) is 2.46. The van der Waals surface area contributed by atoms with Crippen LogP contribution < -0.4 is 14.3 Å². The van der Waals surface area contributed by atoms with Crippen LogP contribution in [0.25, 0.3) is 0 Å². The number of carbonyl (C=O) groups is 1. The lowest BCUT2D eigenvalue weighted by molar-refractivity contribution is 0.0955. The molecule has 0 aliphatic rings. The summed E-state index contributed by atoms with van der Waals surface area (Å²) in [5.74, 6) is 0.467. The average molecular weight is 424 g/mol. The van der Waals surface area contributed by atoms with Gasteiger partial charge in [-0.3, -0.25) is 4.79 Å². The molecule has 8 heteroatoms. The summed E-state index contributed by atoms with van der Waals surface area (Å²) >= 11 is 0. The third kappa shape index (κ3) is 5.45. The molecule has 7 nitrogen and oxygen atoms in total. The molecule has 3 aromatic rings. The van der Waals surface area contributed by atoms with Crippen LogP contribution in [0.2, 0.25) is 0 Å². The van der Waals surface area contributed by atoms with Gasteiger partial charge in [0.05, 0.1) is 13.3 Å². The number of nitrogens with zero attached hydrogens (tertiary/aromatic N) is 1. The van der Waals surface area contributed by atoms with Crippen molar-refractivity contribution in [3.63, 3.8) is 0 Å². The molecule has 0 heterocycles. The van der Waals surface area contributed by atoms with Crippen LogP contribution in [0, 0.1) is 6.92 Å². The molecule has 154 valence electrons. The standard InChI is InChI=1S/C22H20N2O5S/c1-16-3-13-21(14-4-16)30(26,27)29-20-9-5-17(6-10-20)15-23-24-22(25)18-7-11-19(28-2)12-8-18/h3-15H,1-2H3,(H,24,25). The Hall–Kier alpha value is -3.65. The fraction of sp³-hybridized carbons (Fsp3) is 0.0909. The van der Waals surface area contributed by atoms with Crippen LogP contribution >= 0.6 is 0 Å². The first kappa shape index (κ1) is 21.1. The summed E-state index contributed by atoms with van der Waals surface area (Å²) in [6, 6.07) is 19.3. The van der Waals surface area contributed by atoms with E-state index in [-0.39, 0.29) is 16.6 Å². The molecule has 0 aliphatic carbocycles. The number of nitrogens with one attached hydrogen (secondary N) is 1. The van der Waals surface area contributed by atoms with Crippen LogP contribution in [0.3, 0.4) is 0 Å². The Morgan fingerprint density at radius 3 is 2.10 bits per heavy atom. The Bertz CT molecular complexity index is 1140. The number of aryl methyl sites for hydroxylation is 1. The van der Waals surface area contributed by atoms with Crippen LogP contribution in [-0.2, 0) is 10.1 Å². The lowest BCUT2D eigenvalue weighted by Gasteiger charge is -2.07. The van der Waals surface area contributed by atoms with Crippen LogP contribution in [-0.4, -0.2) is 27.6 Å². The molecule has 0 radical (unpaired) electrons. The number of hydrogen-bond donors (Lipinski definition) is 1. The van der Waals surface area contributed by atoms with Crippen LogP contribution in [0.5, 0.6) is 11.5 Å². The minimum atomic E-state index is -3.91. The normalized spacial score (nSPS) is 11.3. The number of amides is 1. The monoisotopic (exact) mass is 424 g/mol. The largest absolute Gasteiger partial charge is 0.497 e. The van der Waals surface area contributed by atoms with Crippen molar-refractivity contribution in [2.45, 2.75) is 11.8 Å². The van der Waals surface area contributed by atoms with Gasteiger partial charge in [0, 0.05) is 5.56 Å². The van der Waals surface area contributed by atoms with E-state index in [0.29, 0.717) is 16.9 Å². The first-order valence-corrected chi connectivity index (χ1v) is 10.4. The molecule has 3 rings (SSSR count). The van der Waals surface area contributed by atoms with Crippen molar-refractivity contribution < 1.29 is 22.1 Å². The lowest BCUT2D eigenvalue weighted by Crippen LogP contribution is -2.17. The van der Waals surface area contributed by atoms with Gasteiger partial charge in [-0.2, -0.15) is 13.5 Å². The molecule has 0 aromatic heterocycles. The first-order chi connectivity index (χ1) is 14.4. The molecule has 0 bridgehead atoms. The number of hydrazone groups is 1. The third-order valence-corrected chi connectivity index (χ3v) is 5.39. The fourth-order valence-corrected chi connectivity index (χ4v) is 3.39. The quantitative estimate of drug-likeness (QED) is 0.356. The number of ether oxygens (including phenoxy) is 1. The first-order valence-electron chi connectivity index (χ1n) is 8.96. The number of benzene rings is 3. The van der Waals surface area contributed by atoms with Crippen molar-refractivity contribution in [1.82, 2.24) is 5.43 Å². The molecule has 30 heavy (non-hydrogen) atoms. The summed E-state index contributed by atoms with van der Waals surface area (Å²) in [7, 11) is -2.36. The molecular formula is C22H20N2O5S. The highest BCUT2D eigenvalue weighted by Gasteiger charge is 2.16. The summed E-state index contributed by atoms with van der Waals surface area (Å²) < 4.78 is 34.8. The molecular weight excluding hydrogens is 404 g/mol. The van der Waals surface area contributed by atoms with E-state index in [4.69, 9.17) is 8.92 Å². The van der Waals surface area contributed by atoms with Crippen molar-refractivity contribution in [2.75, 3.05) is 7.11 Å². The minimum Gasteiger partial charge on any atom is -0.497 e. The predicted molar refractivity (Wildman–Crippen MR) is 113 cm³/mol. The second-order valence-corrected chi connectivity index (χ2v) is 7.89. The summed E-state index contributed by atoms with van der Waals surface area (Å²) in [4.78, 5) is 12.1. The Morgan fingerprint density at radius 1 is 0.900 bits per heavy atom. The second kappa shape index (κ2) is 9.23. The van der Waals surface area contributed by atoms with Crippen molar-refractivity contribution >= 4 is 22.2 Å². The van der Waals surface area contributed by atoms with Gasteiger partial charge < -0.3 is 8.92 Å². The Kier molecular flexibility index (Phi) is 6.48. The maximum absolute atomic E-state index is 12.3. The topological polar surface area (TPSA) is 94.1 Å². The molecule has 1 amide bonds. The highest BCUT2D eigenvalue weighted by molar-refractivity contribution is 7.87. The van der Waals surface area contributed by atoms with E-state index >= 15 is 0 Å². The van der Waals surface area contributed by atoms with E-state index < -0.39 is 10.1 Å². The van der Waals surface area contributed by atoms with E-state index in [1.54, 1.807) is 55.6 Å². The van der Waals surface area contributed by atoms with Gasteiger partial charge in [-0.15, -0.1) is 0 Å². The lowest BCUT2D eigenvalue weighted by atomic mass is 10.2. The Balaban J connectivity index is 1.59. The van der Waals surface area contributed by atoms with Crippen molar-refractivity contribution in [2.24, 2.45) is 5.10 Å². The van der Waals surface area contributed by atoms with Gasteiger partial charge in [-0.1, -0.05) is 17.7 Å². The Labute approximate surface area is 175 Å². The SMILES string of the molecule is COc1ccc(C(=O)NN=Cc2ccc(OS(=O)(=O)c3ccc(C)cc3)cc2)cc1. The van der Waals surface area contributed by atoms with Gasteiger partial charge in [0.1, 0.15) is 16.4 Å². The molecule has 0 aliphatic heterocycles. The predicted octanol–water partition coefficient (Wildman–Crippen LogP) is 3.54. The molecule has 0 fully saturated rings. The summed E-state index contributed by atoms with van der Waals surface area (Å²) in [6.07, 6.45) is 1.44. The molecule has 0 unspecified atom stereocenters. The van der Waals surface area contributed by atoms with Crippen LogP contribution in [0.15, 0.2) is 82.8 Å². The average Bonchev–Trinajstić information content (AvgIpc) is 2.75. The maximum Gasteiger partial charge on any atom is 0.339 e. The molecule has 0 saturated carbocycles. The molecule has 0 atom stereocenters. The third-order valence-electron chi connectivity index (χ3n) is 4.13. The summed E-state index contributed by atoms with van der Waals surface area (Å²) in [5.41, 5.74) is 4.48. The maximum atomic E-state index is 12.3. The van der Waals surface area contributed by atoms with Gasteiger partial charge in [0.25, 0.3) is 5.91 Å². The highest BCUT2D eigenvalue weighted by atomic mass is 32.2. The number of carbonyl (C=O) groups excluding carboxylic acids is 1. The number of methoxy groups -OCH3 is 1. The number of rotatable bonds is 7. The second-order valence-electron chi connectivity index (χ2n) is 6.35. The van der Waals surface area contributed by atoms with Crippen molar-refractivity contribution in [3.05, 3.63) is 89.5 Å². The van der Waals surface area contributed by atoms with Gasteiger partial charge >= 0.3 is 10.1 Å². The zero-order valence-electron chi connectivity index (χ0n) is 16.4. The van der Waals surface area contributed by atoms with E-state index in [1.807, 2.05) is 6.92 Å². The van der Waals surface area contributed by atoms with Gasteiger partial charge in [-0.05, 0) is 73.2 Å². The minimum absolute atomic E-state index is 0.0833.